The minimum atomic E-state index is -0.956. The molecule has 0 saturated carbocycles. The van der Waals surface area contributed by atoms with Gasteiger partial charge in [0.15, 0.2) is 0 Å². The smallest absolute Gasteiger partial charge is 0.120 e. The van der Waals surface area contributed by atoms with Crippen LogP contribution in [0.15, 0.2) is 42.9 Å². The Labute approximate surface area is 149 Å². The van der Waals surface area contributed by atoms with Crippen LogP contribution < -0.4 is 0 Å². The Balaban J connectivity index is 1.61. The first-order chi connectivity index (χ1) is 12.0. The van der Waals surface area contributed by atoms with E-state index >= 15 is 0 Å². The summed E-state index contributed by atoms with van der Waals surface area (Å²) in [7, 11) is 0. The summed E-state index contributed by atoms with van der Waals surface area (Å²) < 4.78 is 0. The molecule has 0 radical (unpaired) electrons. The summed E-state index contributed by atoms with van der Waals surface area (Å²) in [5.41, 5.74) is 2.42. The van der Waals surface area contributed by atoms with Gasteiger partial charge in [-0.05, 0) is 57.0 Å². The third kappa shape index (κ3) is 5.38. The maximum absolute atomic E-state index is 9.68. The van der Waals surface area contributed by atoms with Crippen molar-refractivity contribution in [2.45, 2.75) is 44.8 Å². The largest absolute Gasteiger partial charge is 0.378 e. The number of piperidine rings is 1. The molecule has 130 valence electrons. The molecule has 4 nitrogen and oxygen atoms in total. The molecular formula is C21H25N3O. The van der Waals surface area contributed by atoms with Gasteiger partial charge in [0.05, 0.1) is 0 Å². The molecule has 1 saturated heterocycles. The number of nitrogens with zero attached hydrogens (tertiary/aromatic N) is 3. The molecule has 1 N–H and O–H groups in total. The van der Waals surface area contributed by atoms with Gasteiger partial charge in [0.25, 0.3) is 0 Å². The molecule has 4 heteroatoms. The molecule has 2 aromatic rings. The van der Waals surface area contributed by atoms with Crippen LogP contribution in [-0.4, -0.2) is 38.7 Å². The lowest BCUT2D eigenvalue weighted by molar-refractivity contribution is 0.143. The van der Waals surface area contributed by atoms with Crippen molar-refractivity contribution >= 4 is 0 Å². The van der Waals surface area contributed by atoms with Crippen LogP contribution in [0.2, 0.25) is 0 Å². The number of benzene rings is 1. The van der Waals surface area contributed by atoms with Crippen molar-refractivity contribution in [1.29, 1.82) is 0 Å². The van der Waals surface area contributed by atoms with Crippen molar-refractivity contribution in [2.75, 3.05) is 13.1 Å². The Hall–Kier alpha value is -2.22. The molecule has 1 atom stereocenters. The van der Waals surface area contributed by atoms with Crippen molar-refractivity contribution in [3.63, 3.8) is 0 Å². The molecule has 1 aliphatic rings. The predicted molar refractivity (Wildman–Crippen MR) is 98.9 cm³/mol. The molecule has 25 heavy (non-hydrogen) atoms. The SMILES string of the molecule is CC(C)(O)C#Cc1ccc(CN2CCC[C@@H](c3ccncn3)C2)cc1. The van der Waals surface area contributed by atoms with E-state index < -0.39 is 5.60 Å². The van der Waals surface area contributed by atoms with Gasteiger partial charge in [0.1, 0.15) is 11.9 Å². The first-order valence-electron chi connectivity index (χ1n) is 8.82. The minimum absolute atomic E-state index is 0.494. The second-order valence-electron chi connectivity index (χ2n) is 7.21. The zero-order chi connectivity index (χ0) is 17.7. The second-order valence-corrected chi connectivity index (χ2v) is 7.21. The Morgan fingerprint density at radius 1 is 1.24 bits per heavy atom. The van der Waals surface area contributed by atoms with E-state index in [0.29, 0.717) is 5.92 Å². The molecule has 1 fully saturated rings. The lowest BCUT2D eigenvalue weighted by Gasteiger charge is -2.32. The Bertz CT molecular complexity index is 739. The number of aromatic nitrogens is 2. The fraction of sp³-hybridized carbons (Fsp3) is 0.429. The molecule has 0 aliphatic carbocycles. The summed E-state index contributed by atoms with van der Waals surface area (Å²) in [6.45, 7) is 6.50. The number of hydrogen-bond acceptors (Lipinski definition) is 4. The molecular weight excluding hydrogens is 310 g/mol. The van der Waals surface area contributed by atoms with Crippen LogP contribution in [0.3, 0.4) is 0 Å². The maximum Gasteiger partial charge on any atom is 0.120 e. The lowest BCUT2D eigenvalue weighted by Crippen LogP contribution is -2.34. The van der Waals surface area contributed by atoms with Gasteiger partial charge < -0.3 is 5.11 Å². The van der Waals surface area contributed by atoms with E-state index in [1.165, 1.54) is 18.4 Å². The molecule has 3 rings (SSSR count). The van der Waals surface area contributed by atoms with Gasteiger partial charge in [0, 0.05) is 36.5 Å². The monoisotopic (exact) mass is 335 g/mol. The lowest BCUT2D eigenvalue weighted by atomic mass is 9.94. The van der Waals surface area contributed by atoms with Crippen LogP contribution in [0.1, 0.15) is 49.4 Å². The van der Waals surface area contributed by atoms with Crippen LogP contribution >= 0.6 is 0 Å². The quantitative estimate of drug-likeness (QED) is 0.876. The molecule has 0 bridgehead atoms. The normalized spacial score (nSPS) is 18.4. The van der Waals surface area contributed by atoms with Crippen molar-refractivity contribution in [3.8, 4) is 11.8 Å². The van der Waals surface area contributed by atoms with Crippen LogP contribution in [-0.2, 0) is 6.54 Å². The molecule has 0 amide bonds. The topological polar surface area (TPSA) is 49.2 Å². The van der Waals surface area contributed by atoms with Crippen LogP contribution in [0.5, 0.6) is 0 Å². The van der Waals surface area contributed by atoms with Gasteiger partial charge in [-0.3, -0.25) is 4.90 Å². The van der Waals surface area contributed by atoms with E-state index in [9.17, 15) is 5.11 Å². The highest BCUT2D eigenvalue weighted by Gasteiger charge is 2.22. The Morgan fingerprint density at radius 2 is 2.04 bits per heavy atom. The summed E-state index contributed by atoms with van der Waals surface area (Å²) in [5, 5.41) is 9.68. The average molecular weight is 335 g/mol. The van der Waals surface area contributed by atoms with Crippen LogP contribution in [0.4, 0.5) is 0 Å². The summed E-state index contributed by atoms with van der Waals surface area (Å²) >= 11 is 0. The van der Waals surface area contributed by atoms with E-state index in [4.69, 9.17) is 0 Å². The van der Waals surface area contributed by atoms with Crippen molar-refractivity contribution < 1.29 is 5.11 Å². The highest BCUT2D eigenvalue weighted by atomic mass is 16.3. The van der Waals surface area contributed by atoms with E-state index in [1.54, 1.807) is 20.2 Å². The zero-order valence-corrected chi connectivity index (χ0v) is 14.9. The minimum Gasteiger partial charge on any atom is -0.378 e. The van der Waals surface area contributed by atoms with Crippen LogP contribution in [0.25, 0.3) is 0 Å². The van der Waals surface area contributed by atoms with Gasteiger partial charge in [-0.1, -0.05) is 24.0 Å². The van der Waals surface area contributed by atoms with Crippen molar-refractivity contribution in [3.05, 3.63) is 59.7 Å². The van der Waals surface area contributed by atoms with E-state index in [0.717, 1.165) is 30.9 Å². The summed E-state index contributed by atoms with van der Waals surface area (Å²) in [5.74, 6) is 6.36. The maximum atomic E-state index is 9.68. The first kappa shape index (κ1) is 17.6. The Kier molecular flexibility index (Phi) is 5.47. The van der Waals surface area contributed by atoms with Crippen molar-refractivity contribution in [2.24, 2.45) is 0 Å². The summed E-state index contributed by atoms with van der Waals surface area (Å²) in [6, 6.07) is 10.3. The summed E-state index contributed by atoms with van der Waals surface area (Å²) in [4.78, 5) is 10.9. The van der Waals surface area contributed by atoms with Gasteiger partial charge in [-0.15, -0.1) is 0 Å². The zero-order valence-electron chi connectivity index (χ0n) is 14.9. The number of rotatable bonds is 3. The molecule has 0 unspecified atom stereocenters. The fourth-order valence-corrected chi connectivity index (χ4v) is 3.16. The molecule has 1 aromatic heterocycles. The number of aliphatic hydroxyl groups is 1. The predicted octanol–water partition coefficient (Wildman–Crippen LogP) is 2.98. The number of likely N-dealkylation sites (tertiary alicyclic amines) is 1. The van der Waals surface area contributed by atoms with Gasteiger partial charge in [-0.25, -0.2) is 9.97 Å². The molecule has 0 spiro atoms. The first-order valence-corrected chi connectivity index (χ1v) is 8.82. The van der Waals surface area contributed by atoms with Crippen molar-refractivity contribution in [1.82, 2.24) is 14.9 Å². The molecule has 2 heterocycles. The second kappa shape index (κ2) is 7.77. The summed E-state index contributed by atoms with van der Waals surface area (Å²) in [6.07, 6.45) is 5.86. The standard InChI is InChI=1S/C21H25N3O/c1-21(2,25)11-9-17-5-7-18(8-6-17)14-24-13-3-4-19(15-24)20-10-12-22-16-23-20/h5-8,10,12,16,19,25H,3-4,13-15H2,1-2H3/t19-/m1/s1. The third-order valence-corrected chi connectivity index (χ3v) is 4.40. The van der Waals surface area contributed by atoms with Gasteiger partial charge in [0.2, 0.25) is 0 Å². The van der Waals surface area contributed by atoms with E-state index in [1.807, 2.05) is 24.4 Å². The highest BCUT2D eigenvalue weighted by Crippen LogP contribution is 2.26. The van der Waals surface area contributed by atoms with Gasteiger partial charge >= 0.3 is 0 Å². The molecule has 1 aliphatic heterocycles. The fourth-order valence-electron chi connectivity index (χ4n) is 3.16. The van der Waals surface area contributed by atoms with Gasteiger partial charge in [-0.2, -0.15) is 0 Å². The van der Waals surface area contributed by atoms with E-state index in [2.05, 4.69) is 38.8 Å². The number of hydrogen-bond donors (Lipinski definition) is 1. The highest BCUT2D eigenvalue weighted by molar-refractivity contribution is 5.37. The Morgan fingerprint density at radius 3 is 2.72 bits per heavy atom. The third-order valence-electron chi connectivity index (χ3n) is 4.40. The average Bonchev–Trinajstić information content (AvgIpc) is 2.61. The van der Waals surface area contributed by atoms with Crippen LogP contribution in [0, 0.1) is 11.8 Å². The van der Waals surface area contributed by atoms with E-state index in [-0.39, 0.29) is 0 Å². The molecule has 1 aromatic carbocycles.